The lowest BCUT2D eigenvalue weighted by Gasteiger charge is -2.17. The summed E-state index contributed by atoms with van der Waals surface area (Å²) in [7, 11) is 1.62. The summed E-state index contributed by atoms with van der Waals surface area (Å²) < 4.78 is 5.04. The van der Waals surface area contributed by atoms with Gasteiger partial charge in [0.1, 0.15) is 16.6 Å². The topological polar surface area (TPSA) is 69.4 Å². The molecule has 0 aliphatic carbocycles. The lowest BCUT2D eigenvalue weighted by atomic mass is 10.2. The molecule has 0 bridgehead atoms. The first-order chi connectivity index (χ1) is 11.1. The minimum Gasteiger partial charge on any atom is -0.510 e. The molecule has 0 unspecified atom stereocenters. The lowest BCUT2D eigenvalue weighted by Crippen LogP contribution is -2.29. The van der Waals surface area contributed by atoms with Crippen LogP contribution in [-0.4, -0.2) is 47.6 Å². The number of methoxy groups -OCH3 is 1. The van der Waals surface area contributed by atoms with Crippen LogP contribution in [0.5, 0.6) is 0 Å². The van der Waals surface area contributed by atoms with Crippen LogP contribution in [0, 0.1) is 5.41 Å². The number of nitrogens with zero attached hydrogens (tertiary/aromatic N) is 2. The van der Waals surface area contributed by atoms with Crippen molar-refractivity contribution in [2.24, 2.45) is 0 Å². The Hall–Kier alpha value is -1.89. The monoisotopic (exact) mass is 349 g/mol. The molecule has 23 heavy (non-hydrogen) atoms. The van der Waals surface area contributed by atoms with Crippen molar-refractivity contribution in [3.63, 3.8) is 0 Å². The van der Waals surface area contributed by atoms with Gasteiger partial charge in [0.15, 0.2) is 0 Å². The van der Waals surface area contributed by atoms with Crippen molar-refractivity contribution in [1.29, 1.82) is 5.41 Å². The first kappa shape index (κ1) is 16.0. The van der Waals surface area contributed by atoms with Crippen LogP contribution in [0.1, 0.15) is 5.01 Å². The molecule has 120 valence electrons. The van der Waals surface area contributed by atoms with Crippen LogP contribution >= 0.6 is 22.9 Å². The Morgan fingerprint density at radius 2 is 2.22 bits per heavy atom. The van der Waals surface area contributed by atoms with Crippen molar-refractivity contribution < 1.29 is 9.84 Å². The highest BCUT2D eigenvalue weighted by Gasteiger charge is 2.30. The van der Waals surface area contributed by atoms with Crippen molar-refractivity contribution in [2.75, 3.05) is 26.8 Å². The zero-order valence-electron chi connectivity index (χ0n) is 12.5. The van der Waals surface area contributed by atoms with E-state index in [1.54, 1.807) is 12.0 Å². The standard InChI is InChI=1S/C16H16ClN3O2S/c1-22-7-6-20-8-13(21)14(15(20)18)16-19-12(9-23-16)10-4-2-3-5-11(10)17/h2-5,9,18,21H,6-8H2,1H3. The molecule has 0 fully saturated rings. The molecule has 1 aromatic carbocycles. The fourth-order valence-corrected chi connectivity index (χ4v) is 3.55. The van der Waals surface area contributed by atoms with Crippen LogP contribution in [-0.2, 0) is 4.74 Å². The number of nitrogens with one attached hydrogen (secondary N) is 1. The van der Waals surface area contributed by atoms with Gasteiger partial charge >= 0.3 is 0 Å². The van der Waals surface area contributed by atoms with E-state index < -0.39 is 0 Å². The van der Waals surface area contributed by atoms with Crippen molar-refractivity contribution in [1.82, 2.24) is 9.88 Å². The molecule has 0 spiro atoms. The third-order valence-electron chi connectivity index (χ3n) is 3.62. The molecule has 1 aliphatic rings. The van der Waals surface area contributed by atoms with E-state index >= 15 is 0 Å². The van der Waals surface area contributed by atoms with Crippen LogP contribution in [0.4, 0.5) is 0 Å². The number of thiazole rings is 1. The van der Waals surface area contributed by atoms with Crippen LogP contribution < -0.4 is 0 Å². The second kappa shape index (κ2) is 6.70. The number of aliphatic hydroxyl groups excluding tert-OH is 1. The number of halogens is 1. The van der Waals surface area contributed by atoms with Crippen LogP contribution in [0.25, 0.3) is 16.8 Å². The first-order valence-electron chi connectivity index (χ1n) is 7.07. The van der Waals surface area contributed by atoms with Gasteiger partial charge in [-0.15, -0.1) is 11.3 Å². The molecule has 0 atom stereocenters. The predicted molar refractivity (Wildman–Crippen MR) is 93.3 cm³/mol. The van der Waals surface area contributed by atoms with Crippen LogP contribution in [0.3, 0.4) is 0 Å². The molecule has 1 aromatic heterocycles. The summed E-state index contributed by atoms with van der Waals surface area (Å²) in [6, 6.07) is 7.49. The minimum atomic E-state index is 0.172. The summed E-state index contributed by atoms with van der Waals surface area (Å²) in [5.74, 6) is 0.450. The van der Waals surface area contributed by atoms with Gasteiger partial charge in [-0.05, 0) is 6.07 Å². The van der Waals surface area contributed by atoms with Gasteiger partial charge < -0.3 is 14.7 Å². The maximum absolute atomic E-state index is 10.2. The van der Waals surface area contributed by atoms with Gasteiger partial charge in [-0.1, -0.05) is 29.8 Å². The Labute approximate surface area is 143 Å². The third-order valence-corrected chi connectivity index (χ3v) is 4.80. The van der Waals surface area contributed by atoms with Crippen molar-refractivity contribution in [3.8, 4) is 11.3 Å². The molecule has 0 radical (unpaired) electrons. The van der Waals surface area contributed by atoms with E-state index in [4.69, 9.17) is 21.7 Å². The van der Waals surface area contributed by atoms with Crippen LogP contribution in [0.15, 0.2) is 35.4 Å². The highest BCUT2D eigenvalue weighted by Crippen LogP contribution is 2.34. The maximum atomic E-state index is 10.2. The number of hydrogen-bond donors (Lipinski definition) is 2. The second-order valence-electron chi connectivity index (χ2n) is 5.10. The SMILES string of the molecule is COCCN1CC(O)=C(c2nc(-c3ccccc3Cl)cs2)C1=N. The molecule has 0 saturated carbocycles. The fraction of sp³-hybridized carbons (Fsp3) is 0.250. The van der Waals surface area contributed by atoms with Gasteiger partial charge in [0, 0.05) is 29.6 Å². The molecule has 5 nitrogen and oxygen atoms in total. The quantitative estimate of drug-likeness (QED) is 0.864. The molecule has 7 heteroatoms. The van der Waals surface area contributed by atoms with Gasteiger partial charge in [-0.3, -0.25) is 5.41 Å². The number of ether oxygens (including phenoxy) is 1. The average Bonchev–Trinajstić information content (AvgIpc) is 3.10. The van der Waals surface area contributed by atoms with E-state index in [1.165, 1.54) is 11.3 Å². The summed E-state index contributed by atoms with van der Waals surface area (Å²) in [5.41, 5.74) is 2.08. The predicted octanol–water partition coefficient (Wildman–Crippen LogP) is 3.67. The zero-order valence-corrected chi connectivity index (χ0v) is 14.1. The highest BCUT2D eigenvalue weighted by atomic mass is 35.5. The largest absolute Gasteiger partial charge is 0.510 e. The van der Waals surface area contributed by atoms with Crippen molar-refractivity contribution in [3.05, 3.63) is 45.4 Å². The van der Waals surface area contributed by atoms with E-state index in [2.05, 4.69) is 4.98 Å². The number of hydrogen-bond acceptors (Lipinski definition) is 5. The van der Waals surface area contributed by atoms with E-state index in [9.17, 15) is 5.11 Å². The third kappa shape index (κ3) is 3.10. The summed E-state index contributed by atoms with van der Waals surface area (Å²) >= 11 is 7.60. The van der Waals surface area contributed by atoms with E-state index in [-0.39, 0.29) is 11.6 Å². The summed E-state index contributed by atoms with van der Waals surface area (Å²) in [5, 5.41) is 21.6. The normalized spacial score (nSPS) is 14.9. The molecule has 2 aromatic rings. The fourth-order valence-electron chi connectivity index (χ4n) is 2.43. The first-order valence-corrected chi connectivity index (χ1v) is 8.33. The van der Waals surface area contributed by atoms with Crippen molar-refractivity contribution >= 4 is 34.3 Å². The smallest absolute Gasteiger partial charge is 0.135 e. The van der Waals surface area contributed by atoms with E-state index in [0.29, 0.717) is 35.3 Å². The Kier molecular flexibility index (Phi) is 4.66. The maximum Gasteiger partial charge on any atom is 0.135 e. The minimum absolute atomic E-state index is 0.172. The van der Waals surface area contributed by atoms with Gasteiger partial charge in [0.05, 0.1) is 24.4 Å². The highest BCUT2D eigenvalue weighted by molar-refractivity contribution is 7.11. The van der Waals surface area contributed by atoms with Gasteiger partial charge in [-0.25, -0.2) is 4.98 Å². The average molecular weight is 350 g/mol. The van der Waals surface area contributed by atoms with Gasteiger partial charge in [-0.2, -0.15) is 0 Å². The molecule has 2 N–H and O–H groups in total. The second-order valence-corrected chi connectivity index (χ2v) is 6.37. The van der Waals surface area contributed by atoms with E-state index in [1.807, 2.05) is 29.6 Å². The molecular weight excluding hydrogens is 334 g/mol. The number of amidine groups is 1. The molecule has 0 amide bonds. The molecule has 1 aliphatic heterocycles. The summed E-state index contributed by atoms with van der Waals surface area (Å²) in [4.78, 5) is 6.32. The lowest BCUT2D eigenvalue weighted by molar-refractivity contribution is 0.177. The number of aliphatic hydroxyl groups is 1. The van der Waals surface area contributed by atoms with Crippen LogP contribution in [0.2, 0.25) is 5.02 Å². The Bertz CT molecular complexity index is 772. The van der Waals surface area contributed by atoms with Gasteiger partial charge in [0.25, 0.3) is 0 Å². The molecular formula is C16H16ClN3O2S. The van der Waals surface area contributed by atoms with Gasteiger partial charge in [0.2, 0.25) is 0 Å². The Balaban J connectivity index is 1.87. The number of aromatic nitrogens is 1. The number of benzene rings is 1. The number of rotatable bonds is 5. The Morgan fingerprint density at radius 3 is 2.96 bits per heavy atom. The molecule has 3 rings (SSSR count). The zero-order chi connectivity index (χ0) is 16.4. The molecule has 2 heterocycles. The van der Waals surface area contributed by atoms with E-state index in [0.717, 1.165) is 11.3 Å². The summed E-state index contributed by atoms with van der Waals surface area (Å²) in [6.45, 7) is 1.38. The molecule has 0 saturated heterocycles. The van der Waals surface area contributed by atoms with Crippen molar-refractivity contribution in [2.45, 2.75) is 0 Å². The summed E-state index contributed by atoms with van der Waals surface area (Å²) in [6.07, 6.45) is 0. The Morgan fingerprint density at radius 1 is 1.43 bits per heavy atom.